The molecule has 0 spiro atoms. The maximum atomic E-state index is 12.8. The number of hydrogen-bond acceptors (Lipinski definition) is 3. The second-order valence-corrected chi connectivity index (χ2v) is 8.21. The van der Waals surface area contributed by atoms with E-state index in [9.17, 15) is 13.2 Å². The second-order valence-electron chi connectivity index (χ2n) is 6.27. The number of anilines is 1. The lowest BCUT2D eigenvalue weighted by Crippen LogP contribution is -2.30. The van der Waals surface area contributed by atoms with Gasteiger partial charge in [-0.15, -0.1) is 0 Å². The van der Waals surface area contributed by atoms with E-state index in [1.165, 1.54) is 10.4 Å². The van der Waals surface area contributed by atoms with Crippen LogP contribution in [0.3, 0.4) is 0 Å². The highest BCUT2D eigenvalue weighted by atomic mass is 32.2. The molecule has 0 saturated heterocycles. The Morgan fingerprint density at radius 2 is 1.65 bits per heavy atom. The zero-order valence-corrected chi connectivity index (χ0v) is 16.8. The van der Waals surface area contributed by atoms with E-state index in [4.69, 9.17) is 0 Å². The maximum Gasteiger partial charge on any atom is 0.255 e. The van der Waals surface area contributed by atoms with Crippen molar-refractivity contribution in [3.63, 3.8) is 0 Å². The first kappa shape index (κ1) is 20.1. The molecule has 2 rings (SSSR count). The molecule has 0 heterocycles. The van der Waals surface area contributed by atoms with Crippen molar-refractivity contribution < 1.29 is 13.2 Å². The van der Waals surface area contributed by atoms with Crippen LogP contribution >= 0.6 is 0 Å². The normalized spacial score (nSPS) is 11.6. The van der Waals surface area contributed by atoms with Gasteiger partial charge in [0.2, 0.25) is 10.0 Å². The molecule has 0 saturated carbocycles. The molecule has 0 aromatic heterocycles. The highest BCUT2D eigenvalue weighted by Gasteiger charge is 2.23. The van der Waals surface area contributed by atoms with Crippen molar-refractivity contribution in [1.29, 1.82) is 0 Å². The molecule has 5 nitrogen and oxygen atoms in total. The molecule has 2 aromatic rings. The molecule has 140 valence electrons. The number of nitrogens with one attached hydrogen (secondary N) is 1. The highest BCUT2D eigenvalue weighted by molar-refractivity contribution is 7.89. The smallest absolute Gasteiger partial charge is 0.255 e. The number of carbonyl (C=O) groups is 1. The fraction of sp³-hybridized carbons (Fsp3) is 0.350. The van der Waals surface area contributed by atoms with Crippen LogP contribution in [-0.2, 0) is 10.0 Å². The minimum Gasteiger partial charge on any atom is -0.322 e. The average Bonchev–Trinajstić information content (AvgIpc) is 2.60. The summed E-state index contributed by atoms with van der Waals surface area (Å²) in [5.74, 6) is -0.312. The first-order valence-electron chi connectivity index (χ1n) is 8.70. The SMILES string of the molecule is CCN(CC)S(=O)(=O)c1ccc(C)c(C(=O)Nc2cccc(C)c2C)c1. The van der Waals surface area contributed by atoms with Gasteiger partial charge in [0.25, 0.3) is 5.91 Å². The molecule has 0 radical (unpaired) electrons. The van der Waals surface area contributed by atoms with E-state index in [1.807, 2.05) is 32.0 Å². The fourth-order valence-corrected chi connectivity index (χ4v) is 4.28. The molecule has 0 unspecified atom stereocenters. The van der Waals surface area contributed by atoms with E-state index < -0.39 is 10.0 Å². The predicted octanol–water partition coefficient (Wildman–Crippen LogP) is 3.89. The van der Waals surface area contributed by atoms with Crippen LogP contribution in [0.25, 0.3) is 0 Å². The Morgan fingerprint density at radius 3 is 2.27 bits per heavy atom. The number of carbonyl (C=O) groups excluding carboxylic acids is 1. The summed E-state index contributed by atoms with van der Waals surface area (Å²) < 4.78 is 26.8. The Balaban J connectivity index is 2.41. The summed E-state index contributed by atoms with van der Waals surface area (Å²) in [4.78, 5) is 12.9. The Hall–Kier alpha value is -2.18. The molecule has 1 amide bonds. The van der Waals surface area contributed by atoms with Gasteiger partial charge >= 0.3 is 0 Å². The van der Waals surface area contributed by atoms with Gasteiger partial charge in [-0.05, 0) is 55.7 Å². The van der Waals surface area contributed by atoms with E-state index in [-0.39, 0.29) is 10.8 Å². The molecular formula is C20H26N2O3S. The van der Waals surface area contributed by atoms with Crippen molar-refractivity contribution in [1.82, 2.24) is 4.31 Å². The molecule has 0 fully saturated rings. The first-order chi connectivity index (χ1) is 12.2. The Kier molecular flexibility index (Phi) is 6.21. The molecule has 2 aromatic carbocycles. The maximum absolute atomic E-state index is 12.8. The summed E-state index contributed by atoms with van der Waals surface area (Å²) in [6.07, 6.45) is 0. The number of aryl methyl sites for hydroxylation is 2. The molecule has 6 heteroatoms. The van der Waals surface area contributed by atoms with Crippen molar-refractivity contribution in [3.8, 4) is 0 Å². The van der Waals surface area contributed by atoms with Crippen LogP contribution in [0.2, 0.25) is 0 Å². The minimum atomic E-state index is -3.61. The topological polar surface area (TPSA) is 66.5 Å². The van der Waals surface area contributed by atoms with Crippen molar-refractivity contribution in [2.24, 2.45) is 0 Å². The van der Waals surface area contributed by atoms with E-state index >= 15 is 0 Å². The molecular weight excluding hydrogens is 348 g/mol. The number of rotatable bonds is 6. The van der Waals surface area contributed by atoms with Crippen molar-refractivity contribution in [2.75, 3.05) is 18.4 Å². The van der Waals surface area contributed by atoms with Gasteiger partial charge in [-0.2, -0.15) is 4.31 Å². The third-order valence-electron chi connectivity index (χ3n) is 4.65. The number of benzene rings is 2. The fourth-order valence-electron chi connectivity index (χ4n) is 2.79. The number of hydrogen-bond donors (Lipinski definition) is 1. The van der Waals surface area contributed by atoms with Gasteiger partial charge in [-0.3, -0.25) is 4.79 Å². The third kappa shape index (κ3) is 3.97. The Morgan fingerprint density at radius 1 is 1.00 bits per heavy atom. The van der Waals surface area contributed by atoms with Crippen molar-refractivity contribution >= 4 is 21.6 Å². The van der Waals surface area contributed by atoms with Crippen molar-refractivity contribution in [3.05, 3.63) is 58.7 Å². The summed E-state index contributed by atoms with van der Waals surface area (Å²) in [7, 11) is -3.61. The lowest BCUT2D eigenvalue weighted by atomic mass is 10.1. The van der Waals surface area contributed by atoms with Gasteiger partial charge in [-0.1, -0.05) is 32.0 Å². The lowest BCUT2D eigenvalue weighted by molar-refractivity contribution is 0.102. The Labute approximate surface area is 156 Å². The first-order valence-corrected chi connectivity index (χ1v) is 10.1. The zero-order valence-electron chi connectivity index (χ0n) is 16.0. The van der Waals surface area contributed by atoms with Crippen LogP contribution in [0.15, 0.2) is 41.3 Å². The molecule has 1 N–H and O–H groups in total. The van der Waals surface area contributed by atoms with Crippen LogP contribution in [0, 0.1) is 20.8 Å². The van der Waals surface area contributed by atoms with Crippen LogP contribution in [0.1, 0.15) is 40.9 Å². The summed E-state index contributed by atoms with van der Waals surface area (Å²) >= 11 is 0. The summed E-state index contributed by atoms with van der Waals surface area (Å²) in [5.41, 5.74) is 3.89. The van der Waals surface area contributed by atoms with E-state index in [1.54, 1.807) is 32.9 Å². The average molecular weight is 375 g/mol. The van der Waals surface area contributed by atoms with Gasteiger partial charge in [0.1, 0.15) is 0 Å². The molecule has 0 aliphatic rings. The van der Waals surface area contributed by atoms with Crippen LogP contribution in [0.5, 0.6) is 0 Å². The van der Waals surface area contributed by atoms with Crippen molar-refractivity contribution in [2.45, 2.75) is 39.5 Å². The van der Waals surface area contributed by atoms with E-state index in [2.05, 4.69) is 5.32 Å². The number of sulfonamides is 1. The Bertz CT molecular complexity index is 917. The lowest BCUT2D eigenvalue weighted by Gasteiger charge is -2.19. The molecule has 0 bridgehead atoms. The quantitative estimate of drug-likeness (QED) is 0.834. The summed E-state index contributed by atoms with van der Waals surface area (Å²) in [6, 6.07) is 10.4. The van der Waals surface area contributed by atoms with Crippen LogP contribution in [-0.4, -0.2) is 31.7 Å². The van der Waals surface area contributed by atoms with E-state index in [0.29, 0.717) is 18.7 Å². The molecule has 0 atom stereocenters. The standard InChI is InChI=1S/C20H26N2O3S/c1-6-22(7-2)26(24,25)17-12-11-15(4)18(13-17)20(23)21-19-10-8-9-14(3)16(19)5/h8-13H,6-7H2,1-5H3,(H,21,23). The third-order valence-corrected chi connectivity index (χ3v) is 6.70. The van der Waals surface area contributed by atoms with Gasteiger partial charge < -0.3 is 5.32 Å². The van der Waals surface area contributed by atoms with Crippen LogP contribution in [0.4, 0.5) is 5.69 Å². The van der Waals surface area contributed by atoms with Gasteiger partial charge in [0.15, 0.2) is 0 Å². The largest absolute Gasteiger partial charge is 0.322 e. The van der Waals surface area contributed by atoms with E-state index in [0.717, 1.165) is 22.4 Å². The highest BCUT2D eigenvalue weighted by Crippen LogP contribution is 2.22. The molecule has 0 aliphatic carbocycles. The van der Waals surface area contributed by atoms with Gasteiger partial charge in [0.05, 0.1) is 4.90 Å². The predicted molar refractivity (Wildman–Crippen MR) is 105 cm³/mol. The second kappa shape index (κ2) is 8.01. The van der Waals surface area contributed by atoms with Gasteiger partial charge in [-0.25, -0.2) is 8.42 Å². The van der Waals surface area contributed by atoms with Crippen LogP contribution < -0.4 is 5.32 Å². The molecule has 0 aliphatic heterocycles. The monoisotopic (exact) mass is 374 g/mol. The summed E-state index contributed by atoms with van der Waals surface area (Å²) in [6.45, 7) is 10.1. The molecule has 26 heavy (non-hydrogen) atoms. The number of nitrogens with zero attached hydrogens (tertiary/aromatic N) is 1. The summed E-state index contributed by atoms with van der Waals surface area (Å²) in [5, 5.41) is 2.90. The minimum absolute atomic E-state index is 0.137. The van der Waals surface area contributed by atoms with Gasteiger partial charge in [0, 0.05) is 24.3 Å². The number of amides is 1. The zero-order chi connectivity index (χ0) is 19.5.